The molecule has 2 N–H and O–H groups in total. The van der Waals surface area contributed by atoms with Crippen LogP contribution in [0.2, 0.25) is 0 Å². The predicted octanol–water partition coefficient (Wildman–Crippen LogP) is 2.17. The van der Waals surface area contributed by atoms with Gasteiger partial charge in [-0.15, -0.1) is 10.2 Å². The molecule has 0 aliphatic carbocycles. The summed E-state index contributed by atoms with van der Waals surface area (Å²) < 4.78 is 3.52. The van der Waals surface area contributed by atoms with Gasteiger partial charge in [-0.3, -0.25) is 9.89 Å². The molecule has 0 bridgehead atoms. The zero-order chi connectivity index (χ0) is 17.6. The van der Waals surface area contributed by atoms with E-state index in [4.69, 9.17) is 5.11 Å². The Morgan fingerprint density at radius 1 is 1.29 bits per heavy atom. The van der Waals surface area contributed by atoms with Gasteiger partial charge < -0.3 is 5.11 Å². The molecule has 0 atom stereocenters. The molecule has 8 heteroatoms. The first-order valence-corrected chi connectivity index (χ1v) is 7.90. The van der Waals surface area contributed by atoms with Gasteiger partial charge in [-0.1, -0.05) is 20.8 Å². The van der Waals surface area contributed by atoms with Crippen molar-refractivity contribution in [1.29, 1.82) is 0 Å². The number of carboxylic acids is 1. The number of carboxylic acid groups (broad SMARTS) is 1. The standard InChI is InChI=1S/C16H22N6O2/c1-9-11(6-7-14(23)24)10(2)21(19-9)15-18-17-13-8-12(16(3,4)5)20-22(13)15/h8,20H,6-7H2,1-5H3,(H,23,24). The van der Waals surface area contributed by atoms with Crippen molar-refractivity contribution in [2.24, 2.45) is 0 Å². The minimum absolute atomic E-state index is 0.0281. The van der Waals surface area contributed by atoms with E-state index < -0.39 is 5.97 Å². The van der Waals surface area contributed by atoms with E-state index >= 15 is 0 Å². The number of aromatic amines is 1. The number of aliphatic carboxylic acids is 1. The average molecular weight is 330 g/mol. The quantitative estimate of drug-likeness (QED) is 0.763. The van der Waals surface area contributed by atoms with Crippen LogP contribution in [0.1, 0.15) is 49.8 Å². The first kappa shape index (κ1) is 16.2. The van der Waals surface area contributed by atoms with Crippen molar-refractivity contribution in [3.63, 3.8) is 0 Å². The number of carbonyl (C=O) groups is 1. The van der Waals surface area contributed by atoms with Gasteiger partial charge in [0.05, 0.1) is 5.69 Å². The van der Waals surface area contributed by atoms with Gasteiger partial charge in [0.15, 0.2) is 5.65 Å². The van der Waals surface area contributed by atoms with Crippen molar-refractivity contribution in [3.05, 3.63) is 28.7 Å². The molecule has 0 spiro atoms. The molecule has 0 saturated heterocycles. The number of H-pyrrole nitrogens is 1. The molecule has 0 saturated carbocycles. The van der Waals surface area contributed by atoms with Gasteiger partial charge in [0.2, 0.25) is 0 Å². The normalized spacial score (nSPS) is 12.2. The van der Waals surface area contributed by atoms with Crippen LogP contribution in [-0.2, 0) is 16.6 Å². The first-order valence-electron chi connectivity index (χ1n) is 7.90. The Morgan fingerprint density at radius 2 is 2.00 bits per heavy atom. The largest absolute Gasteiger partial charge is 0.481 e. The lowest BCUT2D eigenvalue weighted by atomic mass is 9.93. The fourth-order valence-corrected chi connectivity index (χ4v) is 2.76. The fraction of sp³-hybridized carbons (Fsp3) is 0.500. The molecule has 3 aromatic rings. The smallest absolute Gasteiger partial charge is 0.303 e. The summed E-state index contributed by atoms with van der Waals surface area (Å²) in [5, 5.41) is 25.2. The lowest BCUT2D eigenvalue weighted by Crippen LogP contribution is -2.13. The predicted molar refractivity (Wildman–Crippen MR) is 88.6 cm³/mol. The Morgan fingerprint density at radius 3 is 2.62 bits per heavy atom. The molecule has 0 aromatic carbocycles. The van der Waals surface area contributed by atoms with Crippen LogP contribution in [0.25, 0.3) is 11.6 Å². The third-order valence-electron chi connectivity index (χ3n) is 4.20. The summed E-state index contributed by atoms with van der Waals surface area (Å²) >= 11 is 0. The van der Waals surface area contributed by atoms with E-state index in [0.717, 1.165) is 28.3 Å². The van der Waals surface area contributed by atoms with E-state index in [2.05, 4.69) is 41.2 Å². The Bertz CT molecular complexity index is 909. The molecule has 128 valence electrons. The Balaban J connectivity index is 2.06. The van der Waals surface area contributed by atoms with Crippen LogP contribution in [-0.4, -0.2) is 40.7 Å². The highest BCUT2D eigenvalue weighted by Gasteiger charge is 2.22. The second-order valence-electron chi connectivity index (χ2n) is 7.07. The number of aryl methyl sites for hydroxylation is 1. The molecule has 0 fully saturated rings. The van der Waals surface area contributed by atoms with Crippen molar-refractivity contribution in [2.45, 2.75) is 52.9 Å². The van der Waals surface area contributed by atoms with Gasteiger partial charge >= 0.3 is 5.97 Å². The van der Waals surface area contributed by atoms with Crippen molar-refractivity contribution < 1.29 is 9.90 Å². The van der Waals surface area contributed by atoms with Crippen LogP contribution < -0.4 is 0 Å². The molecule has 0 aliphatic rings. The number of nitrogens with zero attached hydrogens (tertiary/aromatic N) is 5. The maximum atomic E-state index is 10.8. The molecule has 0 unspecified atom stereocenters. The zero-order valence-corrected chi connectivity index (χ0v) is 14.6. The van der Waals surface area contributed by atoms with Crippen LogP contribution in [0, 0.1) is 13.8 Å². The summed E-state index contributed by atoms with van der Waals surface area (Å²) in [6, 6.07) is 1.98. The van der Waals surface area contributed by atoms with E-state index in [1.165, 1.54) is 0 Å². The molecule has 0 aliphatic heterocycles. The average Bonchev–Trinajstić information content (AvgIpc) is 3.10. The minimum Gasteiger partial charge on any atom is -0.481 e. The van der Waals surface area contributed by atoms with Crippen molar-refractivity contribution >= 4 is 11.6 Å². The molecular formula is C16H22N6O2. The van der Waals surface area contributed by atoms with Gasteiger partial charge in [-0.2, -0.15) is 9.61 Å². The van der Waals surface area contributed by atoms with Gasteiger partial charge in [-0.05, 0) is 25.8 Å². The highest BCUT2D eigenvalue weighted by Crippen LogP contribution is 2.24. The van der Waals surface area contributed by atoms with Gasteiger partial charge in [0.1, 0.15) is 0 Å². The molecule has 0 radical (unpaired) electrons. The van der Waals surface area contributed by atoms with Crippen LogP contribution in [0.3, 0.4) is 0 Å². The third-order valence-corrected chi connectivity index (χ3v) is 4.20. The molecule has 3 aromatic heterocycles. The maximum Gasteiger partial charge on any atom is 0.303 e. The fourth-order valence-electron chi connectivity index (χ4n) is 2.76. The first-order chi connectivity index (χ1) is 11.2. The Hall–Kier alpha value is -2.64. The number of aromatic nitrogens is 6. The molecule has 8 nitrogen and oxygen atoms in total. The van der Waals surface area contributed by atoms with Crippen LogP contribution >= 0.6 is 0 Å². The zero-order valence-electron chi connectivity index (χ0n) is 14.6. The number of fused-ring (bicyclic) bond motifs is 1. The number of nitrogens with one attached hydrogen (secondary N) is 1. The maximum absolute atomic E-state index is 10.8. The number of rotatable bonds is 4. The molecule has 3 heterocycles. The lowest BCUT2D eigenvalue weighted by molar-refractivity contribution is -0.136. The molecular weight excluding hydrogens is 308 g/mol. The summed E-state index contributed by atoms with van der Waals surface area (Å²) in [4.78, 5) is 10.8. The van der Waals surface area contributed by atoms with E-state index in [9.17, 15) is 4.79 Å². The van der Waals surface area contributed by atoms with E-state index in [-0.39, 0.29) is 11.8 Å². The van der Waals surface area contributed by atoms with Crippen molar-refractivity contribution in [3.8, 4) is 5.95 Å². The van der Waals surface area contributed by atoms with Gasteiger partial charge in [0, 0.05) is 29.3 Å². The minimum atomic E-state index is -0.814. The topological polar surface area (TPSA) is 101 Å². The van der Waals surface area contributed by atoms with Gasteiger partial charge in [0.25, 0.3) is 5.95 Å². The summed E-state index contributed by atoms with van der Waals surface area (Å²) in [7, 11) is 0. The summed E-state index contributed by atoms with van der Waals surface area (Å²) in [6.45, 7) is 10.2. The molecule has 0 amide bonds. The van der Waals surface area contributed by atoms with E-state index in [1.54, 1.807) is 9.20 Å². The third kappa shape index (κ3) is 2.68. The Labute approximate surface area is 139 Å². The second kappa shape index (κ2) is 5.47. The van der Waals surface area contributed by atoms with E-state index in [1.807, 2.05) is 19.9 Å². The van der Waals surface area contributed by atoms with Crippen LogP contribution in [0.5, 0.6) is 0 Å². The Kier molecular flexibility index (Phi) is 3.70. The number of hydrogen-bond donors (Lipinski definition) is 2. The summed E-state index contributed by atoms with van der Waals surface area (Å²) in [6.07, 6.45) is 0.534. The highest BCUT2D eigenvalue weighted by molar-refractivity contribution is 5.67. The van der Waals surface area contributed by atoms with Crippen molar-refractivity contribution in [2.75, 3.05) is 0 Å². The van der Waals surface area contributed by atoms with E-state index in [0.29, 0.717) is 12.4 Å². The van der Waals surface area contributed by atoms with Crippen LogP contribution in [0.4, 0.5) is 0 Å². The molecule has 24 heavy (non-hydrogen) atoms. The summed E-state index contributed by atoms with van der Waals surface area (Å²) in [5.41, 5.74) is 4.40. The number of hydrogen-bond acceptors (Lipinski definition) is 4. The van der Waals surface area contributed by atoms with Crippen LogP contribution in [0.15, 0.2) is 6.07 Å². The van der Waals surface area contributed by atoms with Crippen molar-refractivity contribution in [1.82, 2.24) is 29.6 Å². The molecule has 3 rings (SSSR count). The highest BCUT2D eigenvalue weighted by atomic mass is 16.4. The SMILES string of the molecule is Cc1nn(-c2nnc3cc(C(C)(C)C)[nH]n23)c(C)c1CCC(=O)O. The second-order valence-corrected chi connectivity index (χ2v) is 7.07. The summed E-state index contributed by atoms with van der Waals surface area (Å²) in [5.74, 6) is -0.242. The monoisotopic (exact) mass is 330 g/mol. The van der Waals surface area contributed by atoms with Gasteiger partial charge in [-0.25, -0.2) is 4.68 Å². The lowest BCUT2D eigenvalue weighted by Gasteiger charge is -2.15.